The van der Waals surface area contributed by atoms with Crippen molar-refractivity contribution in [2.45, 2.75) is 6.54 Å². The number of nitrogens with zero attached hydrogens (tertiary/aromatic N) is 2. The summed E-state index contributed by atoms with van der Waals surface area (Å²) < 4.78 is 31.2. The summed E-state index contributed by atoms with van der Waals surface area (Å²) in [4.78, 5) is 17.6. The number of hydrogen-bond donors (Lipinski definition) is 0. The molecule has 1 aromatic heterocycles. The van der Waals surface area contributed by atoms with Gasteiger partial charge in [-0.1, -0.05) is 12.1 Å². The number of carbonyl (C=O) groups excluding carboxylic acids is 1. The molecule has 0 unspecified atom stereocenters. The molecule has 3 aromatic rings. The second-order valence-corrected chi connectivity index (χ2v) is 8.41. The first-order chi connectivity index (χ1) is 15.0. The van der Waals surface area contributed by atoms with Crippen LogP contribution in [0.2, 0.25) is 0 Å². The van der Waals surface area contributed by atoms with Gasteiger partial charge in [0, 0.05) is 48.4 Å². The lowest BCUT2D eigenvalue weighted by Gasteiger charge is -2.34. The fourth-order valence-electron chi connectivity index (χ4n) is 3.92. The molecule has 164 valence electrons. The van der Waals surface area contributed by atoms with Gasteiger partial charge in [0.15, 0.2) is 11.5 Å². The zero-order chi connectivity index (χ0) is 22.0. The molecule has 6 nitrogen and oxygen atoms in total. The van der Waals surface area contributed by atoms with Crippen molar-refractivity contribution in [2.24, 2.45) is 0 Å². The third-order valence-corrected chi connectivity index (χ3v) is 6.65. The van der Waals surface area contributed by atoms with Crippen LogP contribution in [0.1, 0.15) is 15.2 Å². The second-order valence-electron chi connectivity index (χ2n) is 7.32. The Morgan fingerprint density at radius 3 is 2.39 bits per heavy atom. The van der Waals surface area contributed by atoms with Crippen molar-refractivity contribution in [1.82, 2.24) is 9.80 Å². The lowest BCUT2D eigenvalue weighted by Crippen LogP contribution is -2.48. The van der Waals surface area contributed by atoms with Crippen LogP contribution in [-0.4, -0.2) is 63.2 Å². The molecule has 1 aliphatic rings. The summed E-state index contributed by atoms with van der Waals surface area (Å²) in [5, 5.41) is 0.509. The van der Waals surface area contributed by atoms with Crippen LogP contribution in [0.25, 0.3) is 10.1 Å². The van der Waals surface area contributed by atoms with Gasteiger partial charge in [-0.3, -0.25) is 9.69 Å². The Labute approximate surface area is 184 Å². The van der Waals surface area contributed by atoms with E-state index in [4.69, 9.17) is 14.2 Å². The number of hydrogen-bond acceptors (Lipinski definition) is 6. The van der Waals surface area contributed by atoms with E-state index in [9.17, 15) is 9.18 Å². The van der Waals surface area contributed by atoms with Crippen LogP contribution in [0.3, 0.4) is 0 Å². The van der Waals surface area contributed by atoms with Crippen molar-refractivity contribution < 1.29 is 23.4 Å². The van der Waals surface area contributed by atoms with Crippen LogP contribution < -0.4 is 14.2 Å². The molecule has 0 spiro atoms. The second kappa shape index (κ2) is 9.11. The van der Waals surface area contributed by atoms with Crippen LogP contribution in [0.4, 0.5) is 4.39 Å². The number of methoxy groups -OCH3 is 3. The number of carbonyl (C=O) groups is 1. The first-order valence-electron chi connectivity index (χ1n) is 10.0. The van der Waals surface area contributed by atoms with E-state index in [-0.39, 0.29) is 11.7 Å². The summed E-state index contributed by atoms with van der Waals surface area (Å²) in [5.41, 5.74) is 1.000. The number of fused-ring (bicyclic) bond motifs is 1. The topological polar surface area (TPSA) is 51.2 Å². The smallest absolute Gasteiger partial charge is 0.264 e. The van der Waals surface area contributed by atoms with Crippen molar-refractivity contribution >= 4 is 27.3 Å². The van der Waals surface area contributed by atoms with Gasteiger partial charge in [-0.25, -0.2) is 4.39 Å². The molecule has 0 radical (unpaired) electrons. The van der Waals surface area contributed by atoms with Crippen LogP contribution >= 0.6 is 11.3 Å². The number of rotatable bonds is 6. The first-order valence-corrected chi connectivity index (χ1v) is 10.8. The summed E-state index contributed by atoms with van der Waals surface area (Å²) in [6, 6.07) is 10.4. The third kappa shape index (κ3) is 4.18. The molecular weight excluding hydrogens is 419 g/mol. The number of benzene rings is 2. The Morgan fingerprint density at radius 1 is 1.00 bits per heavy atom. The molecule has 1 saturated heterocycles. The van der Waals surface area contributed by atoms with E-state index in [2.05, 4.69) is 4.90 Å². The van der Waals surface area contributed by atoms with Crippen molar-refractivity contribution in [2.75, 3.05) is 47.5 Å². The Bertz CT molecular complexity index is 1090. The first kappa shape index (κ1) is 21.4. The summed E-state index contributed by atoms with van der Waals surface area (Å²) >= 11 is 1.34. The fraction of sp³-hybridized carbons (Fsp3) is 0.348. The maximum Gasteiger partial charge on any atom is 0.264 e. The minimum Gasteiger partial charge on any atom is -0.493 e. The maximum atomic E-state index is 14.0. The van der Waals surface area contributed by atoms with Gasteiger partial charge >= 0.3 is 0 Å². The molecule has 0 bridgehead atoms. The predicted molar refractivity (Wildman–Crippen MR) is 119 cm³/mol. The van der Waals surface area contributed by atoms with Crippen molar-refractivity contribution in [3.8, 4) is 17.2 Å². The minimum absolute atomic E-state index is 0.0380. The van der Waals surface area contributed by atoms with E-state index >= 15 is 0 Å². The highest BCUT2D eigenvalue weighted by Gasteiger charge is 2.25. The van der Waals surface area contributed by atoms with Gasteiger partial charge in [0.05, 0.1) is 26.2 Å². The molecule has 31 heavy (non-hydrogen) atoms. The number of halogens is 1. The van der Waals surface area contributed by atoms with E-state index in [1.807, 2.05) is 23.1 Å². The van der Waals surface area contributed by atoms with Crippen molar-refractivity contribution in [1.29, 1.82) is 0 Å². The number of piperazine rings is 1. The Hall–Kier alpha value is -2.84. The summed E-state index contributed by atoms with van der Waals surface area (Å²) in [6.07, 6.45) is 0. The van der Waals surface area contributed by atoms with Gasteiger partial charge < -0.3 is 19.1 Å². The summed E-state index contributed by atoms with van der Waals surface area (Å²) in [7, 11) is 4.80. The molecule has 4 rings (SSSR count). The van der Waals surface area contributed by atoms with E-state index in [1.54, 1.807) is 33.5 Å². The number of amides is 1. The van der Waals surface area contributed by atoms with Gasteiger partial charge in [-0.05, 0) is 24.3 Å². The monoisotopic (exact) mass is 444 g/mol. The zero-order valence-corrected chi connectivity index (χ0v) is 18.6. The van der Waals surface area contributed by atoms with Crippen molar-refractivity contribution in [3.63, 3.8) is 0 Å². The van der Waals surface area contributed by atoms with Crippen LogP contribution in [0.15, 0.2) is 36.4 Å². The quantitative estimate of drug-likeness (QED) is 0.575. The predicted octanol–water partition coefficient (Wildman–Crippen LogP) is 4.02. The van der Waals surface area contributed by atoms with Gasteiger partial charge in [0.25, 0.3) is 5.91 Å². The summed E-state index contributed by atoms with van der Waals surface area (Å²) in [5.74, 6) is 1.53. The number of ether oxygens (including phenoxy) is 3. The Balaban J connectivity index is 1.43. The lowest BCUT2D eigenvalue weighted by atomic mass is 10.1. The third-order valence-electron chi connectivity index (χ3n) is 5.56. The highest BCUT2D eigenvalue weighted by atomic mass is 32.1. The molecule has 8 heteroatoms. The molecule has 1 aliphatic heterocycles. The van der Waals surface area contributed by atoms with Gasteiger partial charge in [-0.2, -0.15) is 0 Å². The molecule has 1 amide bonds. The average molecular weight is 445 g/mol. The molecule has 2 heterocycles. The normalized spacial score (nSPS) is 14.6. The van der Waals surface area contributed by atoms with Gasteiger partial charge in [-0.15, -0.1) is 11.3 Å². The Morgan fingerprint density at radius 2 is 1.74 bits per heavy atom. The van der Waals surface area contributed by atoms with Gasteiger partial charge in [0.2, 0.25) is 5.75 Å². The lowest BCUT2D eigenvalue weighted by molar-refractivity contribution is 0.0632. The zero-order valence-electron chi connectivity index (χ0n) is 17.8. The molecule has 0 N–H and O–H groups in total. The fourth-order valence-corrected chi connectivity index (χ4v) is 4.97. The highest BCUT2D eigenvalue weighted by molar-refractivity contribution is 7.20. The largest absolute Gasteiger partial charge is 0.493 e. The Kier molecular flexibility index (Phi) is 6.29. The molecule has 1 fully saturated rings. The van der Waals surface area contributed by atoms with Gasteiger partial charge in [0.1, 0.15) is 5.82 Å². The molecule has 0 atom stereocenters. The average Bonchev–Trinajstić information content (AvgIpc) is 3.24. The van der Waals surface area contributed by atoms with Crippen LogP contribution in [0.5, 0.6) is 17.2 Å². The molecule has 0 saturated carbocycles. The molecule has 2 aromatic carbocycles. The standard InChI is InChI=1S/C23H25FN2O4S/c1-28-18-8-7-15(21(29-2)22(18)30-3)14-25-9-11-26(12-10-25)23(27)20-13-16-17(24)5-4-6-19(16)31-20/h4-8,13H,9-12,14H2,1-3H3. The van der Waals surface area contributed by atoms with E-state index in [1.165, 1.54) is 17.4 Å². The van der Waals surface area contributed by atoms with E-state index in [0.29, 0.717) is 47.1 Å². The highest BCUT2D eigenvalue weighted by Crippen LogP contribution is 2.40. The molecular formula is C23H25FN2O4S. The maximum absolute atomic E-state index is 14.0. The minimum atomic E-state index is -0.290. The van der Waals surface area contributed by atoms with Crippen molar-refractivity contribution in [3.05, 3.63) is 52.7 Å². The summed E-state index contributed by atoms with van der Waals surface area (Å²) in [6.45, 7) is 3.39. The van der Waals surface area contributed by atoms with Crippen LogP contribution in [0, 0.1) is 5.82 Å². The van der Waals surface area contributed by atoms with E-state index < -0.39 is 0 Å². The van der Waals surface area contributed by atoms with Crippen LogP contribution in [-0.2, 0) is 6.54 Å². The van der Waals surface area contributed by atoms with E-state index in [0.717, 1.165) is 23.4 Å². The molecule has 0 aliphatic carbocycles. The SMILES string of the molecule is COc1ccc(CN2CCN(C(=O)c3cc4c(F)cccc4s3)CC2)c(OC)c1OC. The number of thiophene rings is 1.